The molecule has 0 bridgehead atoms. The number of nitrogens with one attached hydrogen (secondary N) is 1. The molecule has 0 spiro atoms. The average molecular weight is 336 g/mol. The van der Waals surface area contributed by atoms with Gasteiger partial charge in [0.15, 0.2) is 5.78 Å². The Balaban J connectivity index is 1.74. The van der Waals surface area contributed by atoms with Crippen molar-refractivity contribution < 1.29 is 9.59 Å². The average Bonchev–Trinajstić information content (AvgIpc) is 3.14. The van der Waals surface area contributed by atoms with E-state index in [-0.39, 0.29) is 11.7 Å². The van der Waals surface area contributed by atoms with Crippen LogP contribution in [0.1, 0.15) is 46.0 Å². The lowest BCUT2D eigenvalue weighted by Gasteiger charge is -2.23. The van der Waals surface area contributed by atoms with Gasteiger partial charge in [0, 0.05) is 23.7 Å². The highest BCUT2D eigenvalue weighted by Gasteiger charge is 2.24. The first-order valence-electron chi connectivity index (χ1n) is 8.91. The van der Waals surface area contributed by atoms with Gasteiger partial charge >= 0.3 is 0 Å². The van der Waals surface area contributed by atoms with Gasteiger partial charge in [-0.05, 0) is 32.0 Å². The Labute approximate surface area is 148 Å². The molecule has 0 aliphatic carbocycles. The largest absolute Gasteiger partial charge is 0.350 e. The molecule has 4 heteroatoms. The highest BCUT2D eigenvalue weighted by Crippen LogP contribution is 2.17. The van der Waals surface area contributed by atoms with Crippen molar-refractivity contribution in [2.45, 2.75) is 25.8 Å². The van der Waals surface area contributed by atoms with E-state index in [2.05, 4.69) is 17.1 Å². The first-order chi connectivity index (χ1) is 12.2. The van der Waals surface area contributed by atoms with Crippen molar-refractivity contribution in [1.29, 1.82) is 0 Å². The van der Waals surface area contributed by atoms with E-state index in [1.54, 1.807) is 36.4 Å². The highest BCUT2D eigenvalue weighted by molar-refractivity contribution is 6.15. The molecule has 3 rings (SSSR count). The van der Waals surface area contributed by atoms with Gasteiger partial charge in [0.1, 0.15) is 0 Å². The molecule has 1 heterocycles. The molecule has 1 atom stereocenters. The number of amides is 1. The minimum Gasteiger partial charge on any atom is -0.350 e. The zero-order chi connectivity index (χ0) is 17.6. The van der Waals surface area contributed by atoms with Crippen molar-refractivity contribution in [3.8, 4) is 0 Å². The monoisotopic (exact) mass is 336 g/mol. The summed E-state index contributed by atoms with van der Waals surface area (Å²) in [6.07, 6.45) is 2.29. The van der Waals surface area contributed by atoms with Crippen LogP contribution >= 0.6 is 0 Å². The van der Waals surface area contributed by atoms with Gasteiger partial charge in [-0.1, -0.05) is 55.5 Å². The van der Waals surface area contributed by atoms with Crippen LogP contribution < -0.4 is 5.32 Å². The summed E-state index contributed by atoms with van der Waals surface area (Å²) in [6.45, 7) is 4.87. The zero-order valence-electron chi connectivity index (χ0n) is 14.6. The van der Waals surface area contributed by atoms with E-state index >= 15 is 0 Å². The summed E-state index contributed by atoms with van der Waals surface area (Å²) in [6, 6.07) is 16.5. The van der Waals surface area contributed by atoms with Gasteiger partial charge in [-0.25, -0.2) is 0 Å². The molecule has 0 aromatic heterocycles. The van der Waals surface area contributed by atoms with Gasteiger partial charge in [-0.2, -0.15) is 0 Å². The second-order valence-corrected chi connectivity index (χ2v) is 6.38. The molecule has 1 N–H and O–H groups in total. The number of hydrogen-bond donors (Lipinski definition) is 1. The van der Waals surface area contributed by atoms with E-state index in [0.717, 1.165) is 19.5 Å². The van der Waals surface area contributed by atoms with Crippen LogP contribution in [0.15, 0.2) is 54.6 Å². The van der Waals surface area contributed by atoms with Crippen molar-refractivity contribution in [3.05, 3.63) is 71.3 Å². The fraction of sp³-hybridized carbons (Fsp3) is 0.333. The topological polar surface area (TPSA) is 49.4 Å². The Bertz CT molecular complexity index is 743. The fourth-order valence-corrected chi connectivity index (χ4v) is 3.47. The van der Waals surface area contributed by atoms with Crippen molar-refractivity contribution in [3.63, 3.8) is 0 Å². The Morgan fingerprint density at radius 2 is 1.72 bits per heavy atom. The number of rotatable bonds is 6. The number of benzene rings is 2. The summed E-state index contributed by atoms with van der Waals surface area (Å²) in [4.78, 5) is 27.8. The van der Waals surface area contributed by atoms with Gasteiger partial charge in [0.25, 0.3) is 5.91 Å². The van der Waals surface area contributed by atoms with Gasteiger partial charge in [-0.15, -0.1) is 0 Å². The molecule has 1 unspecified atom stereocenters. The Kier molecular flexibility index (Phi) is 5.61. The third-order valence-electron chi connectivity index (χ3n) is 4.86. The summed E-state index contributed by atoms with van der Waals surface area (Å²) in [5.41, 5.74) is 1.48. The number of ketones is 1. The summed E-state index contributed by atoms with van der Waals surface area (Å²) in [7, 11) is 0. The minimum absolute atomic E-state index is 0.123. The predicted octanol–water partition coefficient (Wildman–Crippen LogP) is 3.13. The quantitative estimate of drug-likeness (QED) is 0.825. The second kappa shape index (κ2) is 8.08. The molecule has 2 aromatic carbocycles. The third-order valence-corrected chi connectivity index (χ3v) is 4.86. The highest BCUT2D eigenvalue weighted by atomic mass is 16.2. The normalized spacial score (nSPS) is 17.4. The number of hydrogen-bond acceptors (Lipinski definition) is 3. The van der Waals surface area contributed by atoms with Crippen molar-refractivity contribution in [1.82, 2.24) is 10.2 Å². The smallest absolute Gasteiger partial charge is 0.252 e. The fourth-order valence-electron chi connectivity index (χ4n) is 3.47. The van der Waals surface area contributed by atoms with E-state index in [1.165, 1.54) is 6.42 Å². The number of carbonyl (C=O) groups excluding carboxylic acids is 2. The first kappa shape index (κ1) is 17.4. The molecule has 0 radical (unpaired) electrons. The Morgan fingerprint density at radius 3 is 2.44 bits per heavy atom. The lowest BCUT2D eigenvalue weighted by atomic mass is 9.98. The molecule has 25 heavy (non-hydrogen) atoms. The van der Waals surface area contributed by atoms with E-state index in [9.17, 15) is 9.59 Å². The van der Waals surface area contributed by atoms with Crippen LogP contribution in [0, 0.1) is 0 Å². The van der Waals surface area contributed by atoms with E-state index in [0.29, 0.717) is 29.3 Å². The number of carbonyl (C=O) groups is 2. The third kappa shape index (κ3) is 3.97. The predicted molar refractivity (Wildman–Crippen MR) is 98.9 cm³/mol. The molecule has 0 saturated carbocycles. The molecule has 4 nitrogen and oxygen atoms in total. The molecule has 1 fully saturated rings. The molecule has 2 aromatic rings. The summed E-state index contributed by atoms with van der Waals surface area (Å²) < 4.78 is 0. The summed E-state index contributed by atoms with van der Waals surface area (Å²) >= 11 is 0. The Hall–Kier alpha value is -2.46. The maximum Gasteiger partial charge on any atom is 0.252 e. The SMILES string of the molecule is CCN1CCCC1CNC(=O)c1ccccc1C(=O)c1ccccc1. The standard InChI is InChI=1S/C21H24N2O2/c1-2-23-14-8-11-17(23)15-22-21(25)19-13-7-6-12-18(19)20(24)16-9-4-3-5-10-16/h3-7,9-10,12-13,17H,2,8,11,14-15H2,1H3,(H,22,25). The van der Waals surface area contributed by atoms with Gasteiger partial charge in [0.05, 0.1) is 5.56 Å². The van der Waals surface area contributed by atoms with Crippen LogP contribution in [0.2, 0.25) is 0 Å². The van der Waals surface area contributed by atoms with Gasteiger partial charge in [0.2, 0.25) is 0 Å². The zero-order valence-corrected chi connectivity index (χ0v) is 14.6. The van der Waals surface area contributed by atoms with E-state index < -0.39 is 0 Å². The molecule has 130 valence electrons. The Morgan fingerprint density at radius 1 is 1.04 bits per heavy atom. The van der Waals surface area contributed by atoms with Gasteiger partial charge in [-0.3, -0.25) is 14.5 Å². The van der Waals surface area contributed by atoms with Gasteiger partial charge < -0.3 is 5.32 Å². The van der Waals surface area contributed by atoms with Crippen molar-refractivity contribution >= 4 is 11.7 Å². The molecule has 1 amide bonds. The number of likely N-dealkylation sites (tertiary alicyclic amines) is 1. The lowest BCUT2D eigenvalue weighted by Crippen LogP contribution is -2.40. The van der Waals surface area contributed by atoms with E-state index in [4.69, 9.17) is 0 Å². The molecule has 1 aliphatic rings. The maximum absolute atomic E-state index is 12.7. The number of likely N-dealkylation sites (N-methyl/N-ethyl adjacent to an activating group) is 1. The van der Waals surface area contributed by atoms with Crippen LogP contribution in [0.25, 0.3) is 0 Å². The molecular formula is C21H24N2O2. The van der Waals surface area contributed by atoms with Crippen LogP contribution in [0.5, 0.6) is 0 Å². The van der Waals surface area contributed by atoms with Crippen LogP contribution in [0.3, 0.4) is 0 Å². The lowest BCUT2D eigenvalue weighted by molar-refractivity contribution is 0.0931. The molecular weight excluding hydrogens is 312 g/mol. The first-order valence-corrected chi connectivity index (χ1v) is 8.91. The van der Waals surface area contributed by atoms with Crippen molar-refractivity contribution in [2.24, 2.45) is 0 Å². The van der Waals surface area contributed by atoms with Crippen LogP contribution in [0.4, 0.5) is 0 Å². The summed E-state index contributed by atoms with van der Waals surface area (Å²) in [5, 5.41) is 3.02. The maximum atomic E-state index is 12.7. The van der Waals surface area contributed by atoms with Crippen LogP contribution in [-0.2, 0) is 0 Å². The number of nitrogens with zero attached hydrogens (tertiary/aromatic N) is 1. The summed E-state index contributed by atoms with van der Waals surface area (Å²) in [5.74, 6) is -0.301. The minimum atomic E-state index is -0.178. The second-order valence-electron chi connectivity index (χ2n) is 6.38. The van der Waals surface area contributed by atoms with E-state index in [1.807, 2.05) is 18.2 Å². The van der Waals surface area contributed by atoms with Crippen LogP contribution in [-0.4, -0.2) is 42.3 Å². The molecule has 1 saturated heterocycles. The van der Waals surface area contributed by atoms with Crippen molar-refractivity contribution in [2.75, 3.05) is 19.6 Å². The molecule has 1 aliphatic heterocycles.